The zero-order valence-electron chi connectivity index (χ0n) is 17.6. The Labute approximate surface area is 181 Å². The van der Waals surface area contributed by atoms with Crippen LogP contribution in [0.15, 0.2) is 23.6 Å². The number of carbonyl (C=O) groups excluding carboxylic acids is 2. The number of aryl methyl sites for hydroxylation is 1. The van der Waals surface area contributed by atoms with Crippen molar-refractivity contribution >= 4 is 28.8 Å². The van der Waals surface area contributed by atoms with Gasteiger partial charge in [0.2, 0.25) is 5.91 Å². The summed E-state index contributed by atoms with van der Waals surface area (Å²) in [5.74, 6) is 0.323. The summed E-state index contributed by atoms with van der Waals surface area (Å²) in [7, 11) is 0. The van der Waals surface area contributed by atoms with Crippen LogP contribution in [0.2, 0.25) is 0 Å². The number of thiazole rings is 1. The van der Waals surface area contributed by atoms with Crippen LogP contribution >= 0.6 is 11.3 Å². The number of benzene rings is 1. The lowest BCUT2D eigenvalue weighted by Crippen LogP contribution is -2.50. The van der Waals surface area contributed by atoms with Crippen molar-refractivity contribution in [2.24, 2.45) is 0 Å². The molecule has 30 heavy (non-hydrogen) atoms. The molecule has 4 rings (SSSR count). The fourth-order valence-electron chi connectivity index (χ4n) is 4.17. The van der Waals surface area contributed by atoms with Gasteiger partial charge in [-0.1, -0.05) is 26.2 Å². The number of aromatic nitrogens is 1. The van der Waals surface area contributed by atoms with Crippen molar-refractivity contribution in [2.75, 3.05) is 11.4 Å². The van der Waals surface area contributed by atoms with E-state index in [4.69, 9.17) is 9.72 Å². The van der Waals surface area contributed by atoms with E-state index < -0.39 is 6.10 Å². The Hall–Kier alpha value is -2.41. The molecule has 0 saturated heterocycles. The second kappa shape index (κ2) is 9.16. The van der Waals surface area contributed by atoms with E-state index in [1.54, 1.807) is 23.2 Å². The van der Waals surface area contributed by atoms with Crippen molar-refractivity contribution in [2.45, 2.75) is 70.9 Å². The molecule has 1 fully saturated rings. The fourth-order valence-corrected chi connectivity index (χ4v) is 5.07. The van der Waals surface area contributed by atoms with Gasteiger partial charge in [0.1, 0.15) is 12.3 Å². The van der Waals surface area contributed by atoms with Crippen molar-refractivity contribution in [3.63, 3.8) is 0 Å². The van der Waals surface area contributed by atoms with E-state index in [1.165, 1.54) is 6.42 Å². The number of hydrogen-bond acceptors (Lipinski definition) is 5. The molecule has 2 aliphatic rings. The van der Waals surface area contributed by atoms with E-state index in [0.29, 0.717) is 11.4 Å². The predicted molar refractivity (Wildman–Crippen MR) is 119 cm³/mol. The minimum absolute atomic E-state index is 0.0115. The van der Waals surface area contributed by atoms with Crippen LogP contribution < -0.4 is 15.0 Å². The number of rotatable bonds is 6. The van der Waals surface area contributed by atoms with Gasteiger partial charge >= 0.3 is 0 Å². The lowest BCUT2D eigenvalue weighted by molar-refractivity contribution is -0.128. The third kappa shape index (κ3) is 4.51. The third-order valence-electron chi connectivity index (χ3n) is 5.75. The molecule has 2 aromatic rings. The van der Waals surface area contributed by atoms with E-state index in [1.807, 2.05) is 23.6 Å². The average molecular weight is 428 g/mol. The second-order valence-corrected chi connectivity index (χ2v) is 9.09. The molecule has 1 aromatic carbocycles. The van der Waals surface area contributed by atoms with Crippen molar-refractivity contribution in [3.05, 3.63) is 28.6 Å². The first-order valence-corrected chi connectivity index (χ1v) is 11.8. The number of hydrogen-bond donors (Lipinski definition) is 1. The fraction of sp³-hybridized carbons (Fsp3) is 0.522. The van der Waals surface area contributed by atoms with Gasteiger partial charge < -0.3 is 10.1 Å². The van der Waals surface area contributed by atoms with Crippen LogP contribution in [0.1, 0.15) is 57.4 Å². The lowest BCUT2D eigenvalue weighted by atomic mass is 9.95. The van der Waals surface area contributed by atoms with E-state index in [2.05, 4.69) is 12.2 Å². The van der Waals surface area contributed by atoms with Crippen LogP contribution in [0.25, 0.3) is 11.3 Å². The van der Waals surface area contributed by atoms with Gasteiger partial charge in [0, 0.05) is 17.0 Å². The lowest BCUT2D eigenvalue weighted by Gasteiger charge is -2.33. The van der Waals surface area contributed by atoms with Crippen molar-refractivity contribution < 1.29 is 14.3 Å². The molecule has 0 spiro atoms. The van der Waals surface area contributed by atoms with Gasteiger partial charge in [0.05, 0.1) is 16.4 Å². The van der Waals surface area contributed by atoms with Gasteiger partial charge in [-0.2, -0.15) is 0 Å². The Morgan fingerprint density at radius 2 is 2.10 bits per heavy atom. The van der Waals surface area contributed by atoms with E-state index in [0.717, 1.165) is 54.8 Å². The Kier molecular flexibility index (Phi) is 6.37. The molecule has 1 unspecified atom stereocenters. The van der Waals surface area contributed by atoms with Crippen LogP contribution in [-0.4, -0.2) is 35.5 Å². The number of ether oxygens (including phenoxy) is 1. The van der Waals surface area contributed by atoms with Crippen LogP contribution in [0, 0.1) is 0 Å². The second-order valence-electron chi connectivity index (χ2n) is 8.15. The van der Waals surface area contributed by atoms with E-state index >= 15 is 0 Å². The smallest absolute Gasteiger partial charge is 0.268 e. The van der Waals surface area contributed by atoms with Crippen molar-refractivity contribution in [1.29, 1.82) is 0 Å². The largest absolute Gasteiger partial charge is 0.479 e. The number of anilines is 1. The molecular formula is C23H29N3O3S. The molecule has 7 heteroatoms. The number of amides is 2. The van der Waals surface area contributed by atoms with E-state index in [9.17, 15) is 9.59 Å². The highest BCUT2D eigenvalue weighted by Crippen LogP contribution is 2.37. The zero-order chi connectivity index (χ0) is 21.1. The molecule has 1 aromatic heterocycles. The summed E-state index contributed by atoms with van der Waals surface area (Å²) in [5.41, 5.74) is 2.46. The van der Waals surface area contributed by atoms with Gasteiger partial charge in [-0.3, -0.25) is 14.5 Å². The summed E-state index contributed by atoms with van der Waals surface area (Å²) < 4.78 is 5.80. The minimum atomic E-state index is -0.610. The Morgan fingerprint density at radius 3 is 2.87 bits per heavy atom. The minimum Gasteiger partial charge on any atom is -0.479 e. The van der Waals surface area contributed by atoms with Crippen molar-refractivity contribution in [3.8, 4) is 17.0 Å². The highest BCUT2D eigenvalue weighted by Gasteiger charge is 2.33. The van der Waals surface area contributed by atoms with Gasteiger partial charge in [0.15, 0.2) is 6.10 Å². The summed E-state index contributed by atoms with van der Waals surface area (Å²) in [6, 6.07) is 5.97. The predicted octanol–water partition coefficient (Wildman–Crippen LogP) is 4.33. The number of nitrogens with zero attached hydrogens (tertiary/aromatic N) is 2. The number of carbonyl (C=O) groups is 2. The maximum Gasteiger partial charge on any atom is 0.268 e. The molecule has 1 saturated carbocycles. The van der Waals surface area contributed by atoms with Gasteiger partial charge in [-0.05, 0) is 50.8 Å². The summed E-state index contributed by atoms with van der Waals surface area (Å²) in [6.07, 6.45) is 6.98. The molecule has 6 nitrogen and oxygen atoms in total. The zero-order valence-corrected chi connectivity index (χ0v) is 18.5. The van der Waals surface area contributed by atoms with Crippen LogP contribution in [0.4, 0.5) is 5.69 Å². The quantitative estimate of drug-likeness (QED) is 0.745. The third-order valence-corrected chi connectivity index (χ3v) is 6.66. The van der Waals surface area contributed by atoms with E-state index in [-0.39, 0.29) is 24.4 Å². The Balaban J connectivity index is 1.56. The van der Waals surface area contributed by atoms with Crippen molar-refractivity contribution in [1.82, 2.24) is 10.3 Å². The highest BCUT2D eigenvalue weighted by molar-refractivity contribution is 7.09. The Morgan fingerprint density at radius 1 is 1.30 bits per heavy atom. The molecule has 1 atom stereocenters. The average Bonchev–Trinajstić information content (AvgIpc) is 3.21. The standard InChI is InChI=1S/C23H29N3O3S/c1-3-7-22-25-18(14-30-22)16-10-11-20-19(12-16)26(23(28)15(2)29-20)13-21(27)24-17-8-5-4-6-9-17/h10-12,14-15,17H,3-9,13H2,1-2H3,(H,24,27). The molecular weight excluding hydrogens is 398 g/mol. The first-order chi connectivity index (χ1) is 14.5. The summed E-state index contributed by atoms with van der Waals surface area (Å²) in [4.78, 5) is 31.8. The summed E-state index contributed by atoms with van der Waals surface area (Å²) in [5, 5.41) is 6.26. The van der Waals surface area contributed by atoms with Gasteiger partial charge in [-0.15, -0.1) is 11.3 Å². The first-order valence-electron chi connectivity index (χ1n) is 10.9. The number of nitrogens with one attached hydrogen (secondary N) is 1. The summed E-state index contributed by atoms with van der Waals surface area (Å²) >= 11 is 1.65. The monoisotopic (exact) mass is 427 g/mol. The molecule has 1 aliphatic carbocycles. The SMILES string of the molecule is CCCc1nc(-c2ccc3c(c2)N(CC(=O)NC2CCCCC2)C(=O)C(C)O3)cs1. The Bertz CT molecular complexity index is 920. The molecule has 1 aliphatic heterocycles. The van der Waals surface area contributed by atoms with Crippen LogP contribution in [0.3, 0.4) is 0 Å². The maximum absolute atomic E-state index is 12.9. The van der Waals surface area contributed by atoms with Crippen LogP contribution in [-0.2, 0) is 16.0 Å². The van der Waals surface area contributed by atoms with Crippen LogP contribution in [0.5, 0.6) is 5.75 Å². The van der Waals surface area contributed by atoms with Gasteiger partial charge in [-0.25, -0.2) is 4.98 Å². The first kappa shape index (κ1) is 20.8. The maximum atomic E-state index is 12.9. The molecule has 1 N–H and O–H groups in total. The molecule has 2 heterocycles. The highest BCUT2D eigenvalue weighted by atomic mass is 32.1. The normalized spacial score (nSPS) is 19.3. The topological polar surface area (TPSA) is 71.5 Å². The number of fused-ring (bicyclic) bond motifs is 1. The molecule has 0 radical (unpaired) electrons. The molecule has 0 bridgehead atoms. The molecule has 160 valence electrons. The van der Waals surface area contributed by atoms with Gasteiger partial charge in [0.25, 0.3) is 5.91 Å². The summed E-state index contributed by atoms with van der Waals surface area (Å²) in [6.45, 7) is 3.88. The molecule has 2 amide bonds.